The molecule has 1 fully saturated rings. The molecular formula is C20H22Cl2N2O2. The summed E-state index contributed by atoms with van der Waals surface area (Å²) < 4.78 is 5.75. The van der Waals surface area contributed by atoms with E-state index >= 15 is 0 Å². The Morgan fingerprint density at radius 2 is 1.62 bits per heavy atom. The van der Waals surface area contributed by atoms with Crippen LogP contribution in [0.4, 0.5) is 5.69 Å². The van der Waals surface area contributed by atoms with Crippen molar-refractivity contribution in [1.82, 2.24) is 4.90 Å². The molecule has 0 N–H and O–H groups in total. The second-order valence-corrected chi connectivity index (χ2v) is 7.33. The number of aryl methyl sites for hydroxylation is 1. The number of nitrogens with zero attached hydrogens (tertiary/aromatic N) is 2. The summed E-state index contributed by atoms with van der Waals surface area (Å²) >= 11 is 12.0. The van der Waals surface area contributed by atoms with Gasteiger partial charge in [0.05, 0.1) is 0 Å². The summed E-state index contributed by atoms with van der Waals surface area (Å²) in [7, 11) is 0. The second-order valence-electron chi connectivity index (χ2n) is 6.46. The lowest BCUT2D eigenvalue weighted by Crippen LogP contribution is -2.52. The van der Waals surface area contributed by atoms with E-state index in [0.717, 1.165) is 23.8 Å². The molecule has 1 atom stereocenters. The smallest absolute Gasteiger partial charge is 0.263 e. The Balaban J connectivity index is 1.57. The Bertz CT molecular complexity index is 772. The highest BCUT2D eigenvalue weighted by atomic mass is 35.5. The number of hydrogen-bond donors (Lipinski definition) is 0. The summed E-state index contributed by atoms with van der Waals surface area (Å²) in [4.78, 5) is 16.8. The number of piperazine rings is 1. The van der Waals surface area contributed by atoms with Gasteiger partial charge in [0.2, 0.25) is 0 Å². The maximum absolute atomic E-state index is 12.7. The minimum atomic E-state index is -0.532. The highest BCUT2D eigenvalue weighted by Crippen LogP contribution is 2.25. The first-order valence-corrected chi connectivity index (χ1v) is 9.42. The maximum Gasteiger partial charge on any atom is 0.263 e. The van der Waals surface area contributed by atoms with Gasteiger partial charge in [0.15, 0.2) is 6.10 Å². The number of halogens is 2. The normalized spacial score (nSPS) is 15.7. The largest absolute Gasteiger partial charge is 0.481 e. The van der Waals surface area contributed by atoms with Gasteiger partial charge < -0.3 is 14.5 Å². The van der Waals surface area contributed by atoms with E-state index in [0.29, 0.717) is 23.9 Å². The molecule has 2 aromatic carbocycles. The molecule has 0 unspecified atom stereocenters. The van der Waals surface area contributed by atoms with Crippen molar-refractivity contribution < 1.29 is 9.53 Å². The van der Waals surface area contributed by atoms with Gasteiger partial charge >= 0.3 is 0 Å². The molecule has 0 aromatic heterocycles. The number of carbonyl (C=O) groups is 1. The molecule has 6 heteroatoms. The fraction of sp³-hybridized carbons (Fsp3) is 0.350. The van der Waals surface area contributed by atoms with Crippen LogP contribution >= 0.6 is 23.2 Å². The van der Waals surface area contributed by atoms with Gasteiger partial charge in [0, 0.05) is 41.9 Å². The first kappa shape index (κ1) is 18.9. The Kier molecular flexibility index (Phi) is 5.94. The van der Waals surface area contributed by atoms with Crippen LogP contribution in [0.25, 0.3) is 0 Å². The van der Waals surface area contributed by atoms with Gasteiger partial charge in [-0.2, -0.15) is 0 Å². The lowest BCUT2D eigenvalue weighted by Gasteiger charge is -2.37. The number of anilines is 1. The van der Waals surface area contributed by atoms with Gasteiger partial charge in [-0.15, -0.1) is 0 Å². The van der Waals surface area contributed by atoms with E-state index in [1.54, 1.807) is 31.2 Å². The van der Waals surface area contributed by atoms with E-state index in [-0.39, 0.29) is 5.91 Å². The predicted octanol–water partition coefficient (Wildman–Crippen LogP) is 4.42. The topological polar surface area (TPSA) is 32.8 Å². The van der Waals surface area contributed by atoms with Gasteiger partial charge in [-0.3, -0.25) is 4.79 Å². The van der Waals surface area contributed by atoms with Crippen molar-refractivity contribution in [3.8, 4) is 5.75 Å². The molecule has 1 saturated heterocycles. The first-order chi connectivity index (χ1) is 12.4. The molecule has 26 heavy (non-hydrogen) atoms. The molecule has 0 radical (unpaired) electrons. The molecule has 0 aliphatic carbocycles. The summed E-state index contributed by atoms with van der Waals surface area (Å²) in [5.74, 6) is 0.644. The van der Waals surface area contributed by atoms with Crippen molar-refractivity contribution in [2.45, 2.75) is 20.0 Å². The van der Waals surface area contributed by atoms with Crippen molar-refractivity contribution >= 4 is 34.8 Å². The fourth-order valence-electron chi connectivity index (χ4n) is 3.12. The van der Waals surface area contributed by atoms with Crippen LogP contribution in [-0.2, 0) is 4.79 Å². The number of ether oxygens (including phenoxy) is 1. The van der Waals surface area contributed by atoms with Crippen molar-refractivity contribution in [1.29, 1.82) is 0 Å². The Morgan fingerprint density at radius 1 is 1.00 bits per heavy atom. The molecule has 0 spiro atoms. The van der Waals surface area contributed by atoms with Crippen LogP contribution in [-0.4, -0.2) is 43.1 Å². The molecule has 138 valence electrons. The van der Waals surface area contributed by atoms with Crippen LogP contribution in [0, 0.1) is 6.92 Å². The van der Waals surface area contributed by atoms with E-state index < -0.39 is 6.10 Å². The van der Waals surface area contributed by atoms with Crippen LogP contribution in [0.1, 0.15) is 12.5 Å². The van der Waals surface area contributed by atoms with Gasteiger partial charge in [-0.25, -0.2) is 0 Å². The Labute approximate surface area is 164 Å². The summed E-state index contributed by atoms with van der Waals surface area (Å²) in [5.41, 5.74) is 2.32. The summed E-state index contributed by atoms with van der Waals surface area (Å²) in [6, 6.07) is 13.0. The maximum atomic E-state index is 12.7. The lowest BCUT2D eigenvalue weighted by atomic mass is 10.1. The number of benzene rings is 2. The number of hydrogen-bond acceptors (Lipinski definition) is 3. The zero-order chi connectivity index (χ0) is 18.7. The number of rotatable bonds is 4. The second kappa shape index (κ2) is 8.19. The number of carbonyl (C=O) groups excluding carboxylic acids is 1. The molecule has 0 saturated carbocycles. The average molecular weight is 393 g/mol. The van der Waals surface area contributed by atoms with Crippen LogP contribution < -0.4 is 9.64 Å². The van der Waals surface area contributed by atoms with Gasteiger partial charge in [0.25, 0.3) is 5.91 Å². The molecule has 1 aliphatic rings. The summed E-state index contributed by atoms with van der Waals surface area (Å²) in [6.45, 7) is 6.75. The highest BCUT2D eigenvalue weighted by molar-refractivity contribution is 6.31. The lowest BCUT2D eigenvalue weighted by molar-refractivity contribution is -0.138. The van der Waals surface area contributed by atoms with E-state index in [1.807, 2.05) is 23.1 Å². The highest BCUT2D eigenvalue weighted by Gasteiger charge is 2.26. The van der Waals surface area contributed by atoms with Crippen molar-refractivity contribution in [2.24, 2.45) is 0 Å². The van der Waals surface area contributed by atoms with Crippen LogP contribution in [0.5, 0.6) is 5.75 Å². The minimum absolute atomic E-state index is 0.00224. The first-order valence-electron chi connectivity index (χ1n) is 8.66. The molecule has 1 heterocycles. The van der Waals surface area contributed by atoms with Gasteiger partial charge in [-0.1, -0.05) is 29.3 Å². The standard InChI is InChI=1S/C20H22Cl2N2O2/c1-14-3-4-17(22)13-19(14)23-9-11-24(12-10-23)20(25)15(2)26-18-7-5-16(21)6-8-18/h3-8,13,15H,9-12H2,1-2H3/t15-/m1/s1. The van der Waals surface area contributed by atoms with Crippen LogP contribution in [0.15, 0.2) is 42.5 Å². The third-order valence-corrected chi connectivity index (χ3v) is 5.06. The summed E-state index contributed by atoms with van der Waals surface area (Å²) in [5, 5.41) is 1.37. The molecule has 0 bridgehead atoms. The zero-order valence-corrected chi connectivity index (χ0v) is 16.4. The third-order valence-electron chi connectivity index (χ3n) is 4.58. The summed E-state index contributed by atoms with van der Waals surface area (Å²) in [6.07, 6.45) is -0.532. The predicted molar refractivity (Wildman–Crippen MR) is 107 cm³/mol. The SMILES string of the molecule is Cc1ccc(Cl)cc1N1CCN(C(=O)[C@@H](C)Oc2ccc(Cl)cc2)CC1. The van der Waals surface area contributed by atoms with Crippen LogP contribution in [0.3, 0.4) is 0 Å². The quantitative estimate of drug-likeness (QED) is 0.771. The third kappa shape index (κ3) is 4.43. The number of amides is 1. The van der Waals surface area contributed by atoms with E-state index in [9.17, 15) is 4.79 Å². The molecule has 4 nitrogen and oxygen atoms in total. The molecule has 1 amide bonds. The van der Waals surface area contributed by atoms with E-state index in [4.69, 9.17) is 27.9 Å². The molecule has 2 aromatic rings. The Hall–Kier alpha value is -1.91. The Morgan fingerprint density at radius 3 is 2.27 bits per heavy atom. The van der Waals surface area contributed by atoms with E-state index in [2.05, 4.69) is 11.8 Å². The molecule has 1 aliphatic heterocycles. The average Bonchev–Trinajstić information content (AvgIpc) is 2.65. The van der Waals surface area contributed by atoms with Crippen molar-refractivity contribution in [2.75, 3.05) is 31.1 Å². The monoisotopic (exact) mass is 392 g/mol. The zero-order valence-electron chi connectivity index (χ0n) is 14.9. The minimum Gasteiger partial charge on any atom is -0.481 e. The molecule has 3 rings (SSSR count). The molecular weight excluding hydrogens is 371 g/mol. The van der Waals surface area contributed by atoms with Crippen LogP contribution in [0.2, 0.25) is 10.0 Å². The fourth-order valence-corrected chi connectivity index (χ4v) is 3.41. The van der Waals surface area contributed by atoms with Crippen molar-refractivity contribution in [3.63, 3.8) is 0 Å². The van der Waals surface area contributed by atoms with E-state index in [1.165, 1.54) is 5.56 Å². The van der Waals surface area contributed by atoms with Gasteiger partial charge in [-0.05, 0) is 55.8 Å². The van der Waals surface area contributed by atoms with Crippen molar-refractivity contribution in [3.05, 3.63) is 58.1 Å². The van der Waals surface area contributed by atoms with Gasteiger partial charge in [0.1, 0.15) is 5.75 Å².